The van der Waals surface area contributed by atoms with Crippen molar-refractivity contribution >= 4 is 40.0 Å². The van der Waals surface area contributed by atoms with Crippen LogP contribution in [0.1, 0.15) is 18.9 Å². The second kappa shape index (κ2) is 8.61. The van der Waals surface area contributed by atoms with E-state index in [-0.39, 0.29) is 36.3 Å². The van der Waals surface area contributed by atoms with E-state index in [1.165, 1.54) is 12.1 Å². The Balaban J connectivity index is 0.00000312. The highest BCUT2D eigenvalue weighted by atomic mass is 35.5. The number of carbonyl (C=O) groups excluding carboxylic acids is 1. The van der Waals surface area contributed by atoms with Crippen LogP contribution in [0, 0.1) is 0 Å². The third kappa shape index (κ3) is 5.40. The van der Waals surface area contributed by atoms with Crippen molar-refractivity contribution in [3.8, 4) is 0 Å². The standard InChI is InChI=1S/C15H21N3O5S.ClH/c1-2-6-17(10-15(20)21)9-14(19)18-7-5-11-8-12(24(16,22)23)3-4-13(11)18;/h3-4,8H,2,5-7,9-10H2,1H3,(H,20,21)(H2,16,22,23);1H. The number of carboxylic acid groups (broad SMARTS) is 1. The van der Waals surface area contributed by atoms with Crippen molar-refractivity contribution in [2.75, 3.05) is 31.1 Å². The minimum absolute atomic E-state index is 0. The molecule has 0 bridgehead atoms. The van der Waals surface area contributed by atoms with Gasteiger partial charge >= 0.3 is 5.97 Å². The summed E-state index contributed by atoms with van der Waals surface area (Å²) in [5.41, 5.74) is 1.40. The molecule has 2 rings (SSSR count). The number of primary sulfonamides is 1. The second-order valence-corrected chi connectivity index (χ2v) is 7.30. The van der Waals surface area contributed by atoms with Gasteiger partial charge in [-0.15, -0.1) is 12.4 Å². The molecule has 0 aromatic heterocycles. The van der Waals surface area contributed by atoms with Gasteiger partial charge in [-0.3, -0.25) is 14.5 Å². The Morgan fingerprint density at radius 3 is 2.56 bits per heavy atom. The molecule has 25 heavy (non-hydrogen) atoms. The molecular formula is C15H22ClN3O5S. The average molecular weight is 392 g/mol. The number of nitrogens with zero attached hydrogens (tertiary/aromatic N) is 2. The van der Waals surface area contributed by atoms with Crippen LogP contribution in [0.3, 0.4) is 0 Å². The number of nitrogens with two attached hydrogens (primary N) is 1. The quantitative estimate of drug-likeness (QED) is 0.695. The Kier molecular flexibility index (Phi) is 7.36. The molecule has 140 valence electrons. The van der Waals surface area contributed by atoms with Crippen molar-refractivity contribution in [3.63, 3.8) is 0 Å². The number of benzene rings is 1. The Morgan fingerprint density at radius 1 is 1.32 bits per heavy atom. The molecule has 0 unspecified atom stereocenters. The summed E-state index contributed by atoms with van der Waals surface area (Å²) in [4.78, 5) is 26.6. The second-order valence-electron chi connectivity index (χ2n) is 5.74. The molecule has 3 N–H and O–H groups in total. The van der Waals surface area contributed by atoms with Crippen LogP contribution < -0.4 is 10.0 Å². The largest absolute Gasteiger partial charge is 0.480 e. The molecule has 1 aliphatic heterocycles. The number of rotatable bonds is 7. The first-order chi connectivity index (χ1) is 11.2. The minimum Gasteiger partial charge on any atom is -0.480 e. The van der Waals surface area contributed by atoms with Crippen LogP contribution in [0.15, 0.2) is 23.1 Å². The lowest BCUT2D eigenvalue weighted by molar-refractivity contribution is -0.138. The van der Waals surface area contributed by atoms with Crippen molar-refractivity contribution in [2.24, 2.45) is 5.14 Å². The van der Waals surface area contributed by atoms with Gasteiger partial charge in [-0.1, -0.05) is 6.92 Å². The van der Waals surface area contributed by atoms with Crippen molar-refractivity contribution in [1.29, 1.82) is 0 Å². The number of fused-ring (bicyclic) bond motifs is 1. The summed E-state index contributed by atoms with van der Waals surface area (Å²) in [5, 5.41) is 14.0. The highest BCUT2D eigenvalue weighted by Gasteiger charge is 2.27. The van der Waals surface area contributed by atoms with Crippen LogP contribution in [0.4, 0.5) is 5.69 Å². The number of carbonyl (C=O) groups is 2. The predicted molar refractivity (Wildman–Crippen MR) is 95.5 cm³/mol. The number of hydrogen-bond acceptors (Lipinski definition) is 5. The molecule has 0 spiro atoms. The lowest BCUT2D eigenvalue weighted by Gasteiger charge is -2.23. The molecular weight excluding hydrogens is 370 g/mol. The molecule has 1 aromatic carbocycles. The zero-order valence-corrected chi connectivity index (χ0v) is 15.5. The molecule has 1 heterocycles. The highest BCUT2D eigenvalue weighted by molar-refractivity contribution is 7.89. The van der Waals surface area contributed by atoms with E-state index in [9.17, 15) is 18.0 Å². The Bertz CT molecular complexity index is 754. The van der Waals surface area contributed by atoms with Gasteiger partial charge in [-0.25, -0.2) is 13.6 Å². The van der Waals surface area contributed by atoms with E-state index in [0.717, 1.165) is 12.0 Å². The minimum atomic E-state index is -3.78. The van der Waals surface area contributed by atoms with Crippen molar-refractivity contribution in [1.82, 2.24) is 4.90 Å². The van der Waals surface area contributed by atoms with E-state index in [2.05, 4.69) is 0 Å². The van der Waals surface area contributed by atoms with Gasteiger partial charge in [0.15, 0.2) is 0 Å². The van der Waals surface area contributed by atoms with Crippen LogP contribution >= 0.6 is 12.4 Å². The Hall–Kier alpha value is -1.68. The molecule has 0 fully saturated rings. The third-order valence-electron chi connectivity index (χ3n) is 3.83. The number of sulfonamides is 1. The van der Waals surface area contributed by atoms with Gasteiger partial charge in [-0.05, 0) is 43.1 Å². The lowest BCUT2D eigenvalue weighted by Crippen LogP contribution is -2.42. The third-order valence-corrected chi connectivity index (χ3v) is 4.74. The van der Waals surface area contributed by atoms with Crippen LogP contribution in [-0.4, -0.2) is 56.5 Å². The lowest BCUT2D eigenvalue weighted by atomic mass is 10.2. The van der Waals surface area contributed by atoms with Crippen LogP contribution in [-0.2, 0) is 26.0 Å². The van der Waals surface area contributed by atoms with Gasteiger partial charge in [0.25, 0.3) is 0 Å². The number of hydrogen-bond donors (Lipinski definition) is 2. The average Bonchev–Trinajstić information content (AvgIpc) is 2.88. The molecule has 8 nitrogen and oxygen atoms in total. The first-order valence-corrected chi connectivity index (χ1v) is 9.17. The van der Waals surface area contributed by atoms with Gasteiger partial charge < -0.3 is 10.0 Å². The summed E-state index contributed by atoms with van der Waals surface area (Å²) >= 11 is 0. The molecule has 0 aliphatic carbocycles. The summed E-state index contributed by atoms with van der Waals surface area (Å²) in [6, 6.07) is 4.43. The van der Waals surface area contributed by atoms with Crippen molar-refractivity contribution in [3.05, 3.63) is 23.8 Å². The first-order valence-electron chi connectivity index (χ1n) is 7.62. The van der Waals surface area contributed by atoms with Crippen LogP contribution in [0.25, 0.3) is 0 Å². The molecule has 0 radical (unpaired) electrons. The van der Waals surface area contributed by atoms with E-state index in [1.807, 2.05) is 6.92 Å². The maximum absolute atomic E-state index is 12.5. The monoisotopic (exact) mass is 391 g/mol. The van der Waals surface area contributed by atoms with E-state index >= 15 is 0 Å². The van der Waals surface area contributed by atoms with Crippen molar-refractivity contribution in [2.45, 2.75) is 24.7 Å². The normalized spacial score (nSPS) is 13.5. The number of aliphatic carboxylic acids is 1. The Labute approximate surface area is 153 Å². The van der Waals surface area contributed by atoms with Gasteiger partial charge in [0, 0.05) is 12.2 Å². The van der Waals surface area contributed by atoms with Crippen molar-refractivity contribution < 1.29 is 23.1 Å². The summed E-state index contributed by atoms with van der Waals surface area (Å²) in [7, 11) is -3.78. The van der Waals surface area contributed by atoms with E-state index < -0.39 is 16.0 Å². The van der Waals surface area contributed by atoms with Crippen LogP contribution in [0.2, 0.25) is 0 Å². The summed E-state index contributed by atoms with van der Waals surface area (Å²) < 4.78 is 22.8. The fourth-order valence-corrected chi connectivity index (χ4v) is 3.38. The van der Waals surface area contributed by atoms with E-state index in [4.69, 9.17) is 10.2 Å². The maximum atomic E-state index is 12.5. The molecule has 0 saturated carbocycles. The fourth-order valence-electron chi connectivity index (χ4n) is 2.81. The predicted octanol–water partition coefficient (Wildman–Crippen LogP) is 0.441. The number of halogens is 1. The number of amides is 1. The molecule has 0 saturated heterocycles. The Morgan fingerprint density at radius 2 is 2.00 bits per heavy atom. The van der Waals surface area contributed by atoms with Gasteiger partial charge in [0.2, 0.25) is 15.9 Å². The zero-order valence-electron chi connectivity index (χ0n) is 13.8. The van der Waals surface area contributed by atoms with E-state index in [1.54, 1.807) is 15.9 Å². The highest BCUT2D eigenvalue weighted by Crippen LogP contribution is 2.30. The number of carboxylic acids is 1. The molecule has 10 heteroatoms. The topological polar surface area (TPSA) is 121 Å². The number of anilines is 1. The fraction of sp³-hybridized carbons (Fsp3) is 0.467. The molecule has 1 amide bonds. The molecule has 0 atom stereocenters. The van der Waals surface area contributed by atoms with Gasteiger partial charge in [0.05, 0.1) is 18.0 Å². The SMILES string of the molecule is CCCN(CC(=O)O)CC(=O)N1CCc2cc(S(N)(=O)=O)ccc21.Cl. The van der Waals surface area contributed by atoms with Crippen LogP contribution in [0.5, 0.6) is 0 Å². The molecule has 1 aromatic rings. The summed E-state index contributed by atoms with van der Waals surface area (Å²) in [6.07, 6.45) is 1.28. The smallest absolute Gasteiger partial charge is 0.317 e. The zero-order chi connectivity index (χ0) is 17.9. The van der Waals surface area contributed by atoms with Gasteiger partial charge in [0.1, 0.15) is 0 Å². The van der Waals surface area contributed by atoms with Gasteiger partial charge in [-0.2, -0.15) is 0 Å². The summed E-state index contributed by atoms with van der Waals surface area (Å²) in [6.45, 7) is 2.69. The summed E-state index contributed by atoms with van der Waals surface area (Å²) in [5.74, 6) is -1.18. The molecule has 1 aliphatic rings. The van der Waals surface area contributed by atoms with E-state index in [0.29, 0.717) is 25.2 Å². The maximum Gasteiger partial charge on any atom is 0.317 e. The first kappa shape index (κ1) is 21.4.